The second-order valence-corrected chi connectivity index (χ2v) is 5.51. The van der Waals surface area contributed by atoms with Gasteiger partial charge in [0.25, 0.3) is 0 Å². The number of rotatable bonds is 5. The molecule has 4 heteroatoms. The first-order chi connectivity index (χ1) is 10.2. The summed E-state index contributed by atoms with van der Waals surface area (Å²) in [6.45, 7) is 0. The zero-order valence-corrected chi connectivity index (χ0v) is 14.0. The first-order valence-electron chi connectivity index (χ1n) is 7.24. The Morgan fingerprint density at radius 2 is 1.55 bits per heavy atom. The highest BCUT2D eigenvalue weighted by molar-refractivity contribution is 5.85. The van der Waals surface area contributed by atoms with E-state index < -0.39 is 0 Å². The van der Waals surface area contributed by atoms with Crippen molar-refractivity contribution in [3.05, 3.63) is 48.0 Å². The van der Waals surface area contributed by atoms with Gasteiger partial charge in [-0.15, -0.1) is 12.4 Å². The van der Waals surface area contributed by atoms with Crippen LogP contribution in [0.25, 0.3) is 11.1 Å². The number of ether oxygens (including phenoxy) is 2. The summed E-state index contributed by atoms with van der Waals surface area (Å²) in [5.41, 5.74) is 3.83. The standard InChI is InChI=1S/C18H21NO2.ClH/c1-19-18(7-8-18)15-6-4-5-13(9-15)14-10-16(20-2)12-17(11-14)21-3;/h4-6,9-12,19H,7-8H2,1-3H3;1H. The molecule has 0 bridgehead atoms. The number of nitrogens with one attached hydrogen (secondary N) is 1. The number of methoxy groups -OCH3 is 2. The fourth-order valence-corrected chi connectivity index (χ4v) is 2.78. The number of hydrogen-bond donors (Lipinski definition) is 1. The van der Waals surface area contributed by atoms with E-state index in [0.717, 1.165) is 17.1 Å². The fourth-order valence-electron chi connectivity index (χ4n) is 2.78. The lowest BCUT2D eigenvalue weighted by Gasteiger charge is -2.16. The molecule has 3 nitrogen and oxygen atoms in total. The first kappa shape index (κ1) is 16.7. The summed E-state index contributed by atoms with van der Waals surface area (Å²) in [6.07, 6.45) is 2.41. The predicted molar refractivity (Wildman–Crippen MR) is 92.2 cm³/mol. The topological polar surface area (TPSA) is 30.5 Å². The molecule has 1 N–H and O–H groups in total. The van der Waals surface area contributed by atoms with Crippen LogP contribution >= 0.6 is 12.4 Å². The van der Waals surface area contributed by atoms with E-state index in [2.05, 4.69) is 29.6 Å². The highest BCUT2D eigenvalue weighted by Gasteiger charge is 2.42. The van der Waals surface area contributed by atoms with Crippen LogP contribution in [-0.4, -0.2) is 21.3 Å². The lowest BCUT2D eigenvalue weighted by Crippen LogP contribution is -2.24. The third kappa shape index (κ3) is 3.06. The van der Waals surface area contributed by atoms with Gasteiger partial charge in [0.15, 0.2) is 0 Å². The largest absolute Gasteiger partial charge is 0.497 e. The quantitative estimate of drug-likeness (QED) is 0.903. The van der Waals surface area contributed by atoms with Crippen LogP contribution in [0.1, 0.15) is 18.4 Å². The van der Waals surface area contributed by atoms with Crippen LogP contribution in [0.2, 0.25) is 0 Å². The fraction of sp³-hybridized carbons (Fsp3) is 0.333. The van der Waals surface area contributed by atoms with Crippen molar-refractivity contribution in [2.24, 2.45) is 0 Å². The lowest BCUT2D eigenvalue weighted by atomic mass is 9.98. The van der Waals surface area contributed by atoms with Crippen LogP contribution < -0.4 is 14.8 Å². The van der Waals surface area contributed by atoms with E-state index in [4.69, 9.17) is 9.47 Å². The van der Waals surface area contributed by atoms with Gasteiger partial charge in [0.2, 0.25) is 0 Å². The molecular formula is C18H22ClNO2. The maximum atomic E-state index is 5.36. The van der Waals surface area contributed by atoms with Gasteiger partial charge in [0.1, 0.15) is 11.5 Å². The minimum absolute atomic E-state index is 0. The highest BCUT2D eigenvalue weighted by atomic mass is 35.5. The summed E-state index contributed by atoms with van der Waals surface area (Å²) in [5, 5.41) is 3.44. The number of hydrogen-bond acceptors (Lipinski definition) is 3. The molecule has 0 aromatic heterocycles. The molecule has 0 atom stereocenters. The molecule has 1 aliphatic carbocycles. The molecule has 0 saturated heterocycles. The van der Waals surface area contributed by atoms with Crippen LogP contribution in [0.4, 0.5) is 0 Å². The average Bonchev–Trinajstić information content (AvgIpc) is 3.35. The third-order valence-electron chi connectivity index (χ3n) is 4.33. The van der Waals surface area contributed by atoms with Gasteiger partial charge >= 0.3 is 0 Å². The Bertz CT molecular complexity index is 631. The van der Waals surface area contributed by atoms with Gasteiger partial charge in [-0.25, -0.2) is 0 Å². The summed E-state index contributed by atoms with van der Waals surface area (Å²) in [6, 6.07) is 14.7. The molecule has 0 amide bonds. The number of halogens is 1. The van der Waals surface area contributed by atoms with Crippen molar-refractivity contribution >= 4 is 12.4 Å². The van der Waals surface area contributed by atoms with Crippen LogP contribution in [0, 0.1) is 0 Å². The SMILES string of the molecule is CNC1(c2cccc(-c3cc(OC)cc(OC)c3)c2)CC1.Cl. The molecule has 118 valence electrons. The zero-order chi connectivity index (χ0) is 14.9. The molecule has 1 aliphatic rings. The van der Waals surface area contributed by atoms with Crippen molar-refractivity contribution in [2.45, 2.75) is 18.4 Å². The minimum atomic E-state index is 0. The maximum absolute atomic E-state index is 5.36. The van der Waals surface area contributed by atoms with Gasteiger partial charge in [0, 0.05) is 11.6 Å². The Kier molecular flexibility index (Phi) is 4.99. The summed E-state index contributed by atoms with van der Waals surface area (Å²) in [5.74, 6) is 1.62. The third-order valence-corrected chi connectivity index (χ3v) is 4.33. The van der Waals surface area contributed by atoms with Crippen LogP contribution in [-0.2, 0) is 5.54 Å². The van der Waals surface area contributed by atoms with Crippen molar-refractivity contribution in [1.29, 1.82) is 0 Å². The van der Waals surface area contributed by atoms with Crippen LogP contribution in [0.15, 0.2) is 42.5 Å². The van der Waals surface area contributed by atoms with Gasteiger partial charge in [-0.2, -0.15) is 0 Å². The Morgan fingerprint density at radius 3 is 2.05 bits per heavy atom. The van der Waals surface area contributed by atoms with E-state index in [0.29, 0.717) is 0 Å². The van der Waals surface area contributed by atoms with Crippen molar-refractivity contribution in [3.63, 3.8) is 0 Å². The monoisotopic (exact) mass is 319 g/mol. The van der Waals surface area contributed by atoms with Crippen LogP contribution in [0.5, 0.6) is 11.5 Å². The van der Waals surface area contributed by atoms with E-state index in [1.54, 1.807) is 14.2 Å². The van der Waals surface area contributed by atoms with E-state index >= 15 is 0 Å². The van der Waals surface area contributed by atoms with Crippen molar-refractivity contribution < 1.29 is 9.47 Å². The Balaban J connectivity index is 0.00000176. The predicted octanol–water partition coefficient (Wildman–Crippen LogP) is 4.00. The summed E-state index contributed by atoms with van der Waals surface area (Å²) >= 11 is 0. The lowest BCUT2D eigenvalue weighted by molar-refractivity contribution is 0.394. The molecule has 0 spiro atoms. The van der Waals surface area contributed by atoms with Crippen molar-refractivity contribution in [3.8, 4) is 22.6 Å². The molecule has 1 saturated carbocycles. The zero-order valence-electron chi connectivity index (χ0n) is 13.2. The highest BCUT2D eigenvalue weighted by Crippen LogP contribution is 2.46. The molecule has 0 aliphatic heterocycles. The second kappa shape index (κ2) is 6.59. The molecule has 0 unspecified atom stereocenters. The molecule has 0 heterocycles. The van der Waals surface area contributed by atoms with Gasteiger partial charge in [0.05, 0.1) is 14.2 Å². The molecule has 3 rings (SSSR count). The van der Waals surface area contributed by atoms with E-state index in [-0.39, 0.29) is 17.9 Å². The van der Waals surface area contributed by atoms with E-state index in [1.807, 2.05) is 25.2 Å². The Morgan fingerprint density at radius 1 is 0.909 bits per heavy atom. The van der Waals surface area contributed by atoms with Gasteiger partial charge in [-0.1, -0.05) is 18.2 Å². The van der Waals surface area contributed by atoms with Crippen molar-refractivity contribution in [1.82, 2.24) is 5.32 Å². The number of benzene rings is 2. The summed E-state index contributed by atoms with van der Waals surface area (Å²) in [4.78, 5) is 0. The smallest absolute Gasteiger partial charge is 0.123 e. The second-order valence-electron chi connectivity index (χ2n) is 5.51. The van der Waals surface area contributed by atoms with Crippen molar-refractivity contribution in [2.75, 3.05) is 21.3 Å². The Labute approximate surface area is 138 Å². The maximum Gasteiger partial charge on any atom is 0.123 e. The normalized spacial score (nSPS) is 14.9. The molecule has 0 radical (unpaired) electrons. The summed E-state index contributed by atoms with van der Waals surface area (Å²) < 4.78 is 10.7. The van der Waals surface area contributed by atoms with E-state index in [1.165, 1.54) is 24.0 Å². The van der Waals surface area contributed by atoms with Gasteiger partial charge < -0.3 is 14.8 Å². The molecule has 2 aromatic rings. The molecule has 2 aromatic carbocycles. The first-order valence-corrected chi connectivity index (χ1v) is 7.24. The minimum Gasteiger partial charge on any atom is -0.497 e. The summed E-state index contributed by atoms with van der Waals surface area (Å²) in [7, 11) is 5.39. The molecule has 1 fully saturated rings. The molecule has 22 heavy (non-hydrogen) atoms. The van der Waals surface area contributed by atoms with Gasteiger partial charge in [-0.3, -0.25) is 0 Å². The van der Waals surface area contributed by atoms with E-state index in [9.17, 15) is 0 Å². The Hall–Kier alpha value is -1.71. The van der Waals surface area contributed by atoms with Gasteiger partial charge in [-0.05, 0) is 54.8 Å². The molecular weight excluding hydrogens is 298 g/mol. The average molecular weight is 320 g/mol. The van der Waals surface area contributed by atoms with Crippen LogP contribution in [0.3, 0.4) is 0 Å².